The van der Waals surface area contributed by atoms with Crippen molar-refractivity contribution in [1.29, 1.82) is 0 Å². The highest BCUT2D eigenvalue weighted by atomic mass is 127. The number of alkyl halides is 3. The summed E-state index contributed by atoms with van der Waals surface area (Å²) < 4.78 is 3.01. The molecule has 0 aromatic carbocycles. The van der Waals surface area contributed by atoms with E-state index in [1.165, 1.54) is 0 Å². The third-order valence-corrected chi connectivity index (χ3v) is 14.7. The van der Waals surface area contributed by atoms with Gasteiger partial charge < -0.3 is 15.9 Å². The van der Waals surface area contributed by atoms with Crippen molar-refractivity contribution >= 4 is 73.7 Å². The summed E-state index contributed by atoms with van der Waals surface area (Å²) in [6.45, 7) is 2.25. The van der Waals surface area contributed by atoms with Crippen LogP contribution in [-0.4, -0.2) is 47.1 Å². The van der Waals surface area contributed by atoms with Crippen LogP contribution in [0, 0.1) is 51.2 Å². The number of hydrogen-bond acceptors (Lipinski definition) is 5. The minimum absolute atomic E-state index is 0.0560. The second kappa shape index (κ2) is 11.3. The Bertz CT molecular complexity index is 805. The predicted octanol–water partition coefficient (Wildman–Crippen LogP) is 6.21. The van der Waals surface area contributed by atoms with Gasteiger partial charge in [-0.15, -0.1) is 0 Å². The Balaban J connectivity index is 1.74. The molecule has 4 saturated carbocycles. The van der Waals surface area contributed by atoms with Gasteiger partial charge in [0.2, 0.25) is 0 Å². The largest absolute Gasteiger partial charge is 0.481 e. The monoisotopic (exact) mass is 826 g/mol. The van der Waals surface area contributed by atoms with E-state index in [0.29, 0.717) is 17.8 Å². The number of nitroso groups, excluding NO2 is 1. The highest BCUT2D eigenvalue weighted by Crippen LogP contribution is 2.71. The van der Waals surface area contributed by atoms with Gasteiger partial charge in [-0.25, -0.2) is 0 Å². The number of hydrogen-bond donors (Lipinski definition) is 3. The lowest BCUT2D eigenvalue weighted by Gasteiger charge is -2.70. The molecule has 0 aliphatic heterocycles. The van der Waals surface area contributed by atoms with Crippen molar-refractivity contribution in [3.8, 4) is 0 Å². The van der Waals surface area contributed by atoms with E-state index >= 15 is 0 Å². The van der Waals surface area contributed by atoms with Gasteiger partial charge in [0.15, 0.2) is 0 Å². The molecule has 0 saturated heterocycles. The van der Waals surface area contributed by atoms with Crippen LogP contribution in [0.2, 0.25) is 0 Å². The Morgan fingerprint density at radius 1 is 1.11 bits per heavy atom. The zero-order chi connectivity index (χ0) is 25.6. The van der Waals surface area contributed by atoms with E-state index in [4.69, 9.17) is 5.73 Å². The van der Waals surface area contributed by atoms with Crippen LogP contribution in [0.3, 0.4) is 0 Å². The quantitative estimate of drug-likeness (QED) is 0.146. The molecule has 200 valence electrons. The molecule has 4 aliphatic carbocycles. The first-order chi connectivity index (χ1) is 16.7. The first kappa shape index (κ1) is 29.2. The van der Waals surface area contributed by atoms with Crippen molar-refractivity contribution in [2.45, 2.75) is 88.8 Å². The lowest BCUT2D eigenvalue weighted by molar-refractivity contribution is -0.203. The molecule has 2 unspecified atom stereocenters. The lowest BCUT2D eigenvalue weighted by Crippen LogP contribution is -2.77. The molecule has 4 N–H and O–H groups in total. The molecule has 9 heteroatoms. The van der Waals surface area contributed by atoms with Gasteiger partial charge in [-0.2, -0.15) is 4.91 Å². The van der Waals surface area contributed by atoms with Crippen LogP contribution in [-0.2, 0) is 4.79 Å². The number of aliphatic hydroxyl groups excluding tert-OH is 1. The molecule has 11 atom stereocenters. The Labute approximate surface area is 250 Å². The van der Waals surface area contributed by atoms with Gasteiger partial charge in [-0.05, 0) is 97.2 Å². The molecule has 4 rings (SSSR count). The molecule has 0 bridgehead atoms. The summed E-state index contributed by atoms with van der Waals surface area (Å²) in [5, 5.41) is 24.9. The van der Waals surface area contributed by atoms with Crippen LogP contribution in [0.5, 0.6) is 0 Å². The summed E-state index contributed by atoms with van der Waals surface area (Å²) in [5.41, 5.74) is 7.28. The lowest BCUT2D eigenvalue weighted by atomic mass is 9.38. The first-order valence-corrected chi connectivity index (χ1v) is 17.9. The summed E-state index contributed by atoms with van der Waals surface area (Å²) >= 11 is 7.56. The summed E-state index contributed by atoms with van der Waals surface area (Å²) in [5.74, 6) is 1.02. The van der Waals surface area contributed by atoms with Crippen molar-refractivity contribution in [1.82, 2.24) is 0 Å². The van der Waals surface area contributed by atoms with Gasteiger partial charge in [0.05, 0.1) is 12.1 Å². The van der Waals surface area contributed by atoms with E-state index in [-0.39, 0.29) is 41.0 Å². The molecule has 0 heterocycles. The van der Waals surface area contributed by atoms with Crippen LogP contribution in [0.1, 0.15) is 71.1 Å². The van der Waals surface area contributed by atoms with Gasteiger partial charge >= 0.3 is 5.97 Å². The third-order valence-electron chi connectivity index (χ3n) is 11.3. The molecule has 6 nitrogen and oxygen atoms in total. The number of fused-ring (bicyclic) bond motifs is 5. The normalized spacial score (nSPS) is 47.9. The van der Waals surface area contributed by atoms with Crippen LogP contribution in [0.15, 0.2) is 5.18 Å². The van der Waals surface area contributed by atoms with Crippen molar-refractivity contribution < 1.29 is 15.0 Å². The van der Waals surface area contributed by atoms with Gasteiger partial charge in [-0.3, -0.25) is 4.79 Å². The Morgan fingerprint density at radius 2 is 1.86 bits per heavy atom. The fraction of sp³-hybridized carbons (Fsp3) is 0.962. The maximum Gasteiger partial charge on any atom is 0.303 e. The van der Waals surface area contributed by atoms with Crippen molar-refractivity contribution in [2.75, 3.05) is 13.3 Å². The molecule has 0 aromatic heterocycles. The Morgan fingerprint density at radius 3 is 2.46 bits per heavy atom. The maximum atomic E-state index is 12.2. The van der Waals surface area contributed by atoms with Crippen molar-refractivity contribution in [2.24, 2.45) is 57.2 Å². The maximum absolute atomic E-state index is 12.2. The number of halogens is 3. The number of aliphatic hydroxyl groups is 1. The minimum atomic E-state index is -0.709. The topological polar surface area (TPSA) is 113 Å². The molecule has 0 spiro atoms. The smallest absolute Gasteiger partial charge is 0.303 e. The summed E-state index contributed by atoms with van der Waals surface area (Å²) in [6.07, 6.45) is 8.20. The van der Waals surface area contributed by atoms with Gasteiger partial charge in [-0.1, -0.05) is 79.9 Å². The number of nitrogens with two attached hydrogens (primary N) is 1. The van der Waals surface area contributed by atoms with E-state index in [2.05, 4.69) is 79.9 Å². The SMILES string of the molecule is C[C@H](CCC(=O)O)[C@H]1CC[C@H]2[C@@H]3[C@H](O)[C@H](CCI)C4C[C@H](N=O)CCC4(CI)[C@@]3(N)CC[C@]12CI. The number of rotatable bonds is 9. The number of carboxylic acid groups (broad SMARTS) is 1. The third kappa shape index (κ3) is 4.56. The van der Waals surface area contributed by atoms with E-state index in [9.17, 15) is 19.9 Å². The molecular weight excluding hydrogens is 785 g/mol. The summed E-state index contributed by atoms with van der Waals surface area (Å²) in [6, 6.07) is -0.150. The number of carboxylic acids is 1. The Kier molecular flexibility index (Phi) is 9.46. The van der Waals surface area contributed by atoms with Gasteiger partial charge in [0, 0.05) is 32.1 Å². The molecule has 0 amide bonds. The molecular formula is C26H41I3N2O4. The average molecular weight is 826 g/mol. The molecule has 4 fully saturated rings. The first-order valence-electron chi connectivity index (χ1n) is 13.3. The fourth-order valence-electron chi connectivity index (χ4n) is 9.67. The molecule has 4 aliphatic rings. The van der Waals surface area contributed by atoms with Crippen molar-refractivity contribution in [3.63, 3.8) is 0 Å². The second-order valence-electron chi connectivity index (χ2n) is 12.2. The standard InChI is InChI=1S/C26H41I3N2O4/c1-15(2-5-21(32)33)18-3-4-19-22-23(34)17(7-11-27)20-12-16(31-35)6-8-25(20,14-29)26(22,30)10-9-24(18,19)13-28/h15-20,22-23,34H,2-14,30H2,1H3,(H,32,33)/t15-,16-,17-,18-,19+,20?,22-,23-,24+,25?,26-/m1/s1. The number of aliphatic carboxylic acids is 1. The average Bonchev–Trinajstić information content (AvgIpc) is 3.24. The van der Waals surface area contributed by atoms with E-state index in [1.54, 1.807) is 0 Å². The van der Waals surface area contributed by atoms with E-state index < -0.39 is 17.6 Å². The second-order valence-corrected chi connectivity index (χ2v) is 14.8. The van der Waals surface area contributed by atoms with Crippen LogP contribution in [0.4, 0.5) is 0 Å². The highest BCUT2D eigenvalue weighted by molar-refractivity contribution is 14.1. The summed E-state index contributed by atoms with van der Waals surface area (Å²) in [7, 11) is 0. The Hall–Kier alpha value is 1.18. The van der Waals surface area contributed by atoms with Crippen LogP contribution < -0.4 is 5.73 Å². The zero-order valence-electron chi connectivity index (χ0n) is 20.7. The minimum Gasteiger partial charge on any atom is -0.481 e. The van der Waals surface area contributed by atoms with Crippen LogP contribution >= 0.6 is 67.8 Å². The predicted molar refractivity (Wildman–Crippen MR) is 164 cm³/mol. The van der Waals surface area contributed by atoms with Crippen molar-refractivity contribution in [3.05, 3.63) is 4.91 Å². The zero-order valence-corrected chi connectivity index (χ0v) is 27.2. The van der Waals surface area contributed by atoms with Gasteiger partial charge in [0.1, 0.15) is 0 Å². The van der Waals surface area contributed by atoms with Gasteiger partial charge in [0.25, 0.3) is 0 Å². The van der Waals surface area contributed by atoms with E-state index in [0.717, 1.165) is 71.1 Å². The fourth-order valence-corrected chi connectivity index (χ4v) is 13.6. The highest BCUT2D eigenvalue weighted by Gasteiger charge is 2.72. The van der Waals surface area contributed by atoms with E-state index in [1.807, 2.05) is 0 Å². The molecule has 0 aromatic rings. The van der Waals surface area contributed by atoms with Crippen LogP contribution in [0.25, 0.3) is 0 Å². The number of carbonyl (C=O) groups is 1. The number of nitrogens with zero attached hydrogens (tertiary/aromatic N) is 1. The summed E-state index contributed by atoms with van der Waals surface area (Å²) in [4.78, 5) is 22.9. The molecule has 35 heavy (non-hydrogen) atoms. The molecule has 0 radical (unpaired) electrons.